The third-order valence-corrected chi connectivity index (χ3v) is 2.59. The lowest BCUT2D eigenvalue weighted by atomic mass is 10.1. The molecule has 2 heterocycles. The van der Waals surface area contributed by atoms with Crippen LogP contribution in [0.4, 0.5) is 0 Å². The zero-order chi connectivity index (χ0) is 12.1. The van der Waals surface area contributed by atoms with Crippen molar-refractivity contribution in [3.63, 3.8) is 0 Å². The van der Waals surface area contributed by atoms with Crippen LogP contribution in [0, 0.1) is 0 Å². The van der Waals surface area contributed by atoms with Gasteiger partial charge in [-0.15, -0.1) is 0 Å². The minimum Gasteiger partial charge on any atom is -0.298 e. The molecule has 4 heteroatoms. The Balaban J connectivity index is 2.33. The summed E-state index contributed by atoms with van der Waals surface area (Å²) in [5.74, 6) is 0. The number of pyridine rings is 1. The first-order chi connectivity index (χ1) is 8.35. The number of carbonyl (C=O) groups excluding carboxylic acids is 1. The number of aryl methyl sites for hydroxylation is 1. The number of hydrogen-bond donors (Lipinski definition) is 0. The summed E-state index contributed by atoms with van der Waals surface area (Å²) in [6, 6.07) is 3.75. The van der Waals surface area contributed by atoms with Gasteiger partial charge >= 0.3 is 0 Å². The molecule has 0 aromatic carbocycles. The van der Waals surface area contributed by atoms with Gasteiger partial charge in [0.05, 0.1) is 5.56 Å². The highest BCUT2D eigenvalue weighted by molar-refractivity contribution is 5.85. The van der Waals surface area contributed by atoms with Crippen LogP contribution in [0.25, 0.3) is 11.3 Å². The van der Waals surface area contributed by atoms with E-state index in [4.69, 9.17) is 0 Å². The van der Waals surface area contributed by atoms with Crippen LogP contribution >= 0.6 is 0 Å². The van der Waals surface area contributed by atoms with Crippen LogP contribution in [-0.2, 0) is 6.54 Å². The van der Waals surface area contributed by atoms with Crippen molar-refractivity contribution in [3.8, 4) is 11.3 Å². The zero-order valence-electron chi connectivity index (χ0n) is 9.84. The Morgan fingerprint density at radius 1 is 1.47 bits per heavy atom. The molecule has 88 valence electrons. The second kappa shape index (κ2) is 5.39. The molecule has 2 aromatic rings. The smallest absolute Gasteiger partial charge is 0.153 e. The van der Waals surface area contributed by atoms with Gasteiger partial charge in [0.25, 0.3) is 0 Å². The molecule has 0 aliphatic rings. The molecule has 2 aromatic heterocycles. The van der Waals surface area contributed by atoms with Gasteiger partial charge in [-0.05, 0) is 18.6 Å². The molecule has 0 unspecified atom stereocenters. The first-order valence-corrected chi connectivity index (χ1v) is 5.78. The summed E-state index contributed by atoms with van der Waals surface area (Å²) in [7, 11) is 0. The van der Waals surface area contributed by atoms with Crippen molar-refractivity contribution in [1.82, 2.24) is 14.8 Å². The zero-order valence-corrected chi connectivity index (χ0v) is 9.84. The van der Waals surface area contributed by atoms with Crippen LogP contribution in [0.2, 0.25) is 0 Å². The SMILES string of the molecule is CCCCn1cc(C=O)c(-c2cccnc2)n1. The molecule has 17 heavy (non-hydrogen) atoms. The monoisotopic (exact) mass is 229 g/mol. The molecule has 4 nitrogen and oxygen atoms in total. The number of carbonyl (C=O) groups is 1. The summed E-state index contributed by atoms with van der Waals surface area (Å²) in [5, 5.41) is 4.43. The molecule has 0 N–H and O–H groups in total. The minimum absolute atomic E-state index is 0.620. The summed E-state index contributed by atoms with van der Waals surface area (Å²) in [6.45, 7) is 2.98. The Labute approximate surface area is 100 Å². The van der Waals surface area contributed by atoms with Crippen LogP contribution in [0.5, 0.6) is 0 Å². The van der Waals surface area contributed by atoms with Gasteiger partial charge in [-0.25, -0.2) is 0 Å². The Bertz CT molecular complexity index is 491. The summed E-state index contributed by atoms with van der Waals surface area (Å²) < 4.78 is 1.83. The van der Waals surface area contributed by atoms with Crippen molar-refractivity contribution in [2.24, 2.45) is 0 Å². The number of hydrogen-bond acceptors (Lipinski definition) is 3. The van der Waals surface area contributed by atoms with E-state index in [1.807, 2.05) is 16.8 Å². The lowest BCUT2D eigenvalue weighted by Gasteiger charge is -1.98. The van der Waals surface area contributed by atoms with E-state index in [0.29, 0.717) is 11.3 Å². The highest BCUT2D eigenvalue weighted by Crippen LogP contribution is 2.19. The second-order valence-corrected chi connectivity index (χ2v) is 3.91. The molecular weight excluding hydrogens is 214 g/mol. The van der Waals surface area contributed by atoms with E-state index in [2.05, 4.69) is 17.0 Å². The number of unbranched alkanes of at least 4 members (excludes halogenated alkanes) is 1. The predicted molar refractivity (Wildman–Crippen MR) is 65.8 cm³/mol. The lowest BCUT2D eigenvalue weighted by molar-refractivity contribution is 0.112. The average Bonchev–Trinajstić information content (AvgIpc) is 2.80. The largest absolute Gasteiger partial charge is 0.298 e. The quantitative estimate of drug-likeness (QED) is 0.740. The first-order valence-electron chi connectivity index (χ1n) is 5.78. The molecular formula is C13H15N3O. The van der Waals surface area contributed by atoms with Gasteiger partial charge < -0.3 is 0 Å². The van der Waals surface area contributed by atoms with Crippen LogP contribution in [0.15, 0.2) is 30.7 Å². The molecule has 0 amide bonds. The number of nitrogens with zero attached hydrogens (tertiary/aromatic N) is 3. The lowest BCUT2D eigenvalue weighted by Crippen LogP contribution is -1.97. The molecule has 0 bridgehead atoms. The Morgan fingerprint density at radius 2 is 2.35 bits per heavy atom. The van der Waals surface area contributed by atoms with Gasteiger partial charge in [0, 0.05) is 30.7 Å². The number of aldehydes is 1. The standard InChI is InChI=1S/C13H15N3O/c1-2-3-7-16-9-12(10-17)13(15-16)11-5-4-6-14-8-11/h4-6,8-10H,2-3,7H2,1H3. The highest BCUT2D eigenvalue weighted by Gasteiger charge is 2.10. The van der Waals surface area contributed by atoms with Crippen molar-refractivity contribution in [2.45, 2.75) is 26.3 Å². The van der Waals surface area contributed by atoms with Crippen molar-refractivity contribution in [1.29, 1.82) is 0 Å². The van der Waals surface area contributed by atoms with Crippen LogP contribution in [0.3, 0.4) is 0 Å². The first kappa shape index (κ1) is 11.5. The number of aromatic nitrogens is 3. The fraction of sp³-hybridized carbons (Fsp3) is 0.308. The van der Waals surface area contributed by atoms with Gasteiger partial charge in [-0.2, -0.15) is 5.10 Å². The summed E-state index contributed by atoms with van der Waals surface area (Å²) in [6.07, 6.45) is 8.24. The van der Waals surface area contributed by atoms with Crippen molar-refractivity contribution in [2.75, 3.05) is 0 Å². The fourth-order valence-corrected chi connectivity index (χ4v) is 1.68. The minimum atomic E-state index is 0.620. The molecule has 0 aliphatic carbocycles. The third kappa shape index (κ3) is 2.58. The van der Waals surface area contributed by atoms with Crippen LogP contribution in [0.1, 0.15) is 30.1 Å². The van der Waals surface area contributed by atoms with E-state index in [-0.39, 0.29) is 0 Å². The highest BCUT2D eigenvalue weighted by atomic mass is 16.1. The maximum atomic E-state index is 11.0. The molecule has 0 saturated carbocycles. The van der Waals surface area contributed by atoms with Gasteiger partial charge in [-0.3, -0.25) is 14.5 Å². The molecule has 0 atom stereocenters. The van der Waals surface area contributed by atoms with E-state index in [0.717, 1.165) is 31.2 Å². The van der Waals surface area contributed by atoms with E-state index >= 15 is 0 Å². The normalized spacial score (nSPS) is 10.4. The van der Waals surface area contributed by atoms with Crippen LogP contribution in [-0.4, -0.2) is 21.1 Å². The molecule has 0 saturated heterocycles. The predicted octanol–water partition coefficient (Wildman–Crippen LogP) is 2.56. The Kier molecular flexibility index (Phi) is 3.65. The van der Waals surface area contributed by atoms with E-state index in [1.165, 1.54) is 0 Å². The molecule has 0 fully saturated rings. The molecule has 0 radical (unpaired) electrons. The van der Waals surface area contributed by atoms with Gasteiger partial charge in [0.2, 0.25) is 0 Å². The summed E-state index contributed by atoms with van der Waals surface area (Å²) in [5.41, 5.74) is 2.21. The van der Waals surface area contributed by atoms with E-state index < -0.39 is 0 Å². The van der Waals surface area contributed by atoms with Crippen molar-refractivity contribution in [3.05, 3.63) is 36.3 Å². The van der Waals surface area contributed by atoms with Crippen molar-refractivity contribution < 1.29 is 4.79 Å². The maximum absolute atomic E-state index is 11.0. The number of rotatable bonds is 5. The van der Waals surface area contributed by atoms with Crippen LogP contribution < -0.4 is 0 Å². The van der Waals surface area contributed by atoms with Crippen molar-refractivity contribution >= 4 is 6.29 Å². The topological polar surface area (TPSA) is 47.8 Å². The Hall–Kier alpha value is -1.97. The van der Waals surface area contributed by atoms with E-state index in [1.54, 1.807) is 18.6 Å². The average molecular weight is 229 g/mol. The summed E-state index contributed by atoms with van der Waals surface area (Å²) in [4.78, 5) is 15.1. The third-order valence-electron chi connectivity index (χ3n) is 2.59. The van der Waals surface area contributed by atoms with Gasteiger partial charge in [0.15, 0.2) is 6.29 Å². The maximum Gasteiger partial charge on any atom is 0.153 e. The second-order valence-electron chi connectivity index (χ2n) is 3.91. The summed E-state index contributed by atoms with van der Waals surface area (Å²) >= 11 is 0. The molecule has 0 aliphatic heterocycles. The fourth-order valence-electron chi connectivity index (χ4n) is 1.68. The molecule has 2 rings (SSSR count). The van der Waals surface area contributed by atoms with Gasteiger partial charge in [-0.1, -0.05) is 13.3 Å². The Morgan fingerprint density at radius 3 is 3.00 bits per heavy atom. The van der Waals surface area contributed by atoms with Gasteiger partial charge in [0.1, 0.15) is 5.69 Å². The van der Waals surface area contributed by atoms with E-state index in [9.17, 15) is 4.79 Å². The molecule has 0 spiro atoms.